The number of carbonyl (C=O) groups is 1. The van der Waals surface area contributed by atoms with Crippen molar-refractivity contribution in [2.45, 2.75) is 25.7 Å². The molecule has 13 heavy (non-hydrogen) atoms. The fourth-order valence-electron chi connectivity index (χ4n) is 2.29. The minimum Gasteiger partial charge on any atom is -0.481 e. The Morgan fingerprint density at radius 1 is 1.31 bits per heavy atom. The van der Waals surface area contributed by atoms with Crippen molar-refractivity contribution in [3.8, 4) is 0 Å². The molecule has 2 unspecified atom stereocenters. The molecule has 2 rings (SSSR count). The second-order valence-corrected chi connectivity index (χ2v) is 5.33. The highest BCUT2D eigenvalue weighted by atomic mass is 32.2. The van der Waals surface area contributed by atoms with Crippen molar-refractivity contribution in [3.05, 3.63) is 0 Å². The van der Waals surface area contributed by atoms with Crippen molar-refractivity contribution in [3.63, 3.8) is 0 Å². The van der Waals surface area contributed by atoms with Gasteiger partial charge in [-0.25, -0.2) is 0 Å². The van der Waals surface area contributed by atoms with E-state index < -0.39 is 5.97 Å². The lowest BCUT2D eigenvalue weighted by atomic mass is 9.86. The summed E-state index contributed by atoms with van der Waals surface area (Å²) in [6.07, 6.45) is 4.66. The van der Waals surface area contributed by atoms with Crippen LogP contribution >= 0.6 is 11.8 Å². The van der Waals surface area contributed by atoms with Gasteiger partial charge < -0.3 is 5.11 Å². The van der Waals surface area contributed by atoms with Crippen LogP contribution in [0.25, 0.3) is 0 Å². The summed E-state index contributed by atoms with van der Waals surface area (Å²) in [6.45, 7) is 0. The fraction of sp³-hybridized carbons (Fsp3) is 0.900. The Morgan fingerprint density at radius 3 is 2.54 bits per heavy atom. The summed E-state index contributed by atoms with van der Waals surface area (Å²) in [7, 11) is 0. The topological polar surface area (TPSA) is 37.3 Å². The smallest absolute Gasteiger partial charge is 0.307 e. The Kier molecular flexibility index (Phi) is 2.82. The molecule has 0 aromatic rings. The van der Waals surface area contributed by atoms with Gasteiger partial charge in [0.15, 0.2) is 0 Å². The Hall–Kier alpha value is -0.180. The van der Waals surface area contributed by atoms with E-state index in [0.717, 1.165) is 25.0 Å². The van der Waals surface area contributed by atoms with E-state index in [1.165, 1.54) is 12.2 Å². The largest absolute Gasteiger partial charge is 0.481 e. The first-order valence-corrected chi connectivity index (χ1v) is 6.25. The average Bonchev–Trinajstić information content (AvgIpc) is 2.90. The van der Waals surface area contributed by atoms with Crippen LogP contribution in [0.3, 0.4) is 0 Å². The van der Waals surface area contributed by atoms with Crippen molar-refractivity contribution >= 4 is 17.7 Å². The van der Waals surface area contributed by atoms with Crippen LogP contribution in [-0.2, 0) is 4.79 Å². The molecule has 1 heterocycles. The number of hydrogen-bond donors (Lipinski definition) is 1. The second-order valence-electron chi connectivity index (χ2n) is 4.18. The van der Waals surface area contributed by atoms with E-state index in [0.29, 0.717) is 11.8 Å². The van der Waals surface area contributed by atoms with Crippen LogP contribution in [0.2, 0.25) is 0 Å². The van der Waals surface area contributed by atoms with Gasteiger partial charge in [-0.1, -0.05) is 0 Å². The van der Waals surface area contributed by atoms with Gasteiger partial charge in [-0.05, 0) is 49.0 Å². The summed E-state index contributed by atoms with van der Waals surface area (Å²) >= 11 is 1.93. The normalized spacial score (nSPS) is 31.2. The van der Waals surface area contributed by atoms with Gasteiger partial charge in [0, 0.05) is 0 Å². The summed E-state index contributed by atoms with van der Waals surface area (Å²) in [6, 6.07) is 0. The SMILES string of the molecule is O=C(O)C(C1CC1)C1CCCSC1. The zero-order chi connectivity index (χ0) is 9.26. The highest BCUT2D eigenvalue weighted by Crippen LogP contribution is 2.44. The molecule has 0 spiro atoms. The number of rotatable bonds is 3. The second kappa shape index (κ2) is 3.91. The number of aliphatic carboxylic acids is 1. The van der Waals surface area contributed by atoms with Crippen LogP contribution < -0.4 is 0 Å². The van der Waals surface area contributed by atoms with E-state index in [9.17, 15) is 4.79 Å². The standard InChI is InChI=1S/C10H16O2S/c11-10(12)9(7-3-4-7)8-2-1-5-13-6-8/h7-9H,1-6H2,(H,11,12). The van der Waals surface area contributed by atoms with Crippen LogP contribution in [0.1, 0.15) is 25.7 Å². The van der Waals surface area contributed by atoms with Gasteiger partial charge in [-0.3, -0.25) is 4.79 Å². The Labute approximate surface area is 83.1 Å². The predicted octanol–water partition coefficient (Wildman–Crippen LogP) is 2.24. The zero-order valence-electron chi connectivity index (χ0n) is 7.74. The van der Waals surface area contributed by atoms with Gasteiger partial charge in [0.2, 0.25) is 0 Å². The molecule has 1 N–H and O–H groups in total. The minimum absolute atomic E-state index is 0.0206. The Bertz CT molecular complexity index is 195. The maximum absolute atomic E-state index is 11.1. The summed E-state index contributed by atoms with van der Waals surface area (Å²) in [4.78, 5) is 11.1. The van der Waals surface area contributed by atoms with E-state index in [-0.39, 0.29) is 5.92 Å². The Balaban J connectivity index is 1.96. The quantitative estimate of drug-likeness (QED) is 0.759. The number of carboxylic acids is 1. The van der Waals surface area contributed by atoms with Gasteiger partial charge in [0.1, 0.15) is 0 Å². The first kappa shape index (κ1) is 9.38. The zero-order valence-corrected chi connectivity index (χ0v) is 8.55. The van der Waals surface area contributed by atoms with Crippen molar-refractivity contribution < 1.29 is 9.90 Å². The van der Waals surface area contributed by atoms with Crippen molar-refractivity contribution in [1.82, 2.24) is 0 Å². The molecule has 0 bridgehead atoms. The van der Waals surface area contributed by atoms with E-state index in [2.05, 4.69) is 0 Å². The van der Waals surface area contributed by atoms with Gasteiger partial charge in [-0.2, -0.15) is 11.8 Å². The van der Waals surface area contributed by atoms with Crippen molar-refractivity contribution in [1.29, 1.82) is 0 Å². The lowest BCUT2D eigenvalue weighted by molar-refractivity contribution is -0.144. The van der Waals surface area contributed by atoms with E-state index >= 15 is 0 Å². The number of hydrogen-bond acceptors (Lipinski definition) is 2. The lowest BCUT2D eigenvalue weighted by Crippen LogP contribution is -2.29. The van der Waals surface area contributed by atoms with E-state index in [1.54, 1.807) is 0 Å². The molecule has 2 nitrogen and oxygen atoms in total. The van der Waals surface area contributed by atoms with Gasteiger partial charge in [0.25, 0.3) is 0 Å². The molecular formula is C10H16O2S. The third kappa shape index (κ3) is 2.19. The molecule has 1 aliphatic heterocycles. The molecule has 0 amide bonds. The van der Waals surface area contributed by atoms with Crippen molar-refractivity contribution in [2.24, 2.45) is 17.8 Å². The minimum atomic E-state index is -0.546. The average molecular weight is 200 g/mol. The summed E-state index contributed by atoms with van der Waals surface area (Å²) in [5, 5.41) is 9.13. The van der Waals surface area contributed by atoms with E-state index in [4.69, 9.17) is 5.11 Å². The monoisotopic (exact) mass is 200 g/mol. The van der Waals surface area contributed by atoms with Gasteiger partial charge >= 0.3 is 5.97 Å². The lowest BCUT2D eigenvalue weighted by Gasteiger charge is -2.26. The molecule has 2 aliphatic rings. The first-order chi connectivity index (χ1) is 6.29. The third-order valence-corrected chi connectivity index (χ3v) is 4.36. The van der Waals surface area contributed by atoms with Crippen LogP contribution in [0, 0.1) is 17.8 Å². The number of thioether (sulfide) groups is 1. The van der Waals surface area contributed by atoms with E-state index in [1.807, 2.05) is 11.8 Å². The molecule has 3 heteroatoms. The molecule has 2 atom stereocenters. The molecule has 1 saturated heterocycles. The van der Waals surface area contributed by atoms with Crippen LogP contribution in [0.4, 0.5) is 0 Å². The van der Waals surface area contributed by atoms with Crippen LogP contribution in [0.5, 0.6) is 0 Å². The molecule has 0 aromatic heterocycles. The highest BCUT2D eigenvalue weighted by Gasteiger charge is 2.41. The fourth-order valence-corrected chi connectivity index (χ4v) is 3.51. The molecule has 0 aromatic carbocycles. The molecule has 1 saturated carbocycles. The number of carboxylic acid groups (broad SMARTS) is 1. The molecular weight excluding hydrogens is 184 g/mol. The molecule has 74 valence electrons. The van der Waals surface area contributed by atoms with Crippen molar-refractivity contribution in [2.75, 3.05) is 11.5 Å². The van der Waals surface area contributed by atoms with Gasteiger partial charge in [0.05, 0.1) is 5.92 Å². The van der Waals surface area contributed by atoms with Crippen LogP contribution in [-0.4, -0.2) is 22.6 Å². The molecule has 0 radical (unpaired) electrons. The highest BCUT2D eigenvalue weighted by molar-refractivity contribution is 7.99. The maximum atomic E-state index is 11.1. The summed E-state index contributed by atoms with van der Waals surface area (Å²) < 4.78 is 0. The molecule has 1 aliphatic carbocycles. The Morgan fingerprint density at radius 2 is 2.08 bits per heavy atom. The van der Waals surface area contributed by atoms with Gasteiger partial charge in [-0.15, -0.1) is 0 Å². The maximum Gasteiger partial charge on any atom is 0.307 e. The molecule has 2 fully saturated rings. The van der Waals surface area contributed by atoms with Crippen LogP contribution in [0.15, 0.2) is 0 Å². The predicted molar refractivity (Wildman–Crippen MR) is 53.9 cm³/mol. The third-order valence-electron chi connectivity index (χ3n) is 3.12. The summed E-state index contributed by atoms with van der Waals surface area (Å²) in [5.41, 5.74) is 0. The first-order valence-electron chi connectivity index (χ1n) is 5.09. The summed E-state index contributed by atoms with van der Waals surface area (Å²) in [5.74, 6) is 2.72.